The highest BCUT2D eigenvalue weighted by atomic mass is 32.1. The molecule has 1 amide bonds. The van der Waals surface area contributed by atoms with Crippen molar-refractivity contribution in [2.45, 2.75) is 6.42 Å². The number of hydrogen-bond acceptors (Lipinski definition) is 3. The highest BCUT2D eigenvalue weighted by Crippen LogP contribution is 2.31. The molecule has 0 aliphatic rings. The quantitative estimate of drug-likeness (QED) is 0.607. The van der Waals surface area contributed by atoms with E-state index < -0.39 is 0 Å². The molecule has 0 unspecified atom stereocenters. The van der Waals surface area contributed by atoms with Gasteiger partial charge in [0.05, 0.1) is 11.3 Å². The fraction of sp³-hybridized carbons (Fsp3) is 0.0526. The summed E-state index contributed by atoms with van der Waals surface area (Å²) in [6.07, 6.45) is 2.25. The minimum atomic E-state index is -0.0512. The molecule has 0 bridgehead atoms. The summed E-state index contributed by atoms with van der Waals surface area (Å²) in [5, 5.41) is 5.05. The van der Waals surface area contributed by atoms with E-state index in [2.05, 4.69) is 10.3 Å². The fourth-order valence-electron chi connectivity index (χ4n) is 2.66. The largest absolute Gasteiger partial charge is 0.310 e. The van der Waals surface area contributed by atoms with Crippen molar-refractivity contribution in [1.82, 2.24) is 9.38 Å². The van der Waals surface area contributed by atoms with Gasteiger partial charge in [-0.2, -0.15) is 0 Å². The highest BCUT2D eigenvalue weighted by molar-refractivity contribution is 7.13. The molecule has 4 aromatic rings. The Kier molecular flexibility index (Phi) is 3.84. The SMILES string of the molecule is O=C(Cc1ccccc1)Nc1c(-c2cccs2)nc2ccccn12. The summed E-state index contributed by atoms with van der Waals surface area (Å²) >= 11 is 1.61. The van der Waals surface area contributed by atoms with E-state index in [9.17, 15) is 4.79 Å². The van der Waals surface area contributed by atoms with Crippen LogP contribution >= 0.6 is 11.3 Å². The predicted octanol–water partition coefficient (Wildman–Crippen LogP) is 4.24. The molecule has 0 saturated heterocycles. The van der Waals surface area contributed by atoms with Gasteiger partial charge in [0.1, 0.15) is 17.2 Å². The van der Waals surface area contributed by atoms with Crippen LogP contribution in [0.5, 0.6) is 0 Å². The number of benzene rings is 1. The van der Waals surface area contributed by atoms with E-state index in [0.29, 0.717) is 12.2 Å². The maximum atomic E-state index is 12.5. The summed E-state index contributed by atoms with van der Waals surface area (Å²) in [7, 11) is 0. The molecule has 24 heavy (non-hydrogen) atoms. The third-order valence-electron chi connectivity index (χ3n) is 3.75. The van der Waals surface area contributed by atoms with Crippen LogP contribution in [0.1, 0.15) is 5.56 Å². The molecular weight excluding hydrogens is 318 g/mol. The Morgan fingerprint density at radius 1 is 1.04 bits per heavy atom. The van der Waals surface area contributed by atoms with Crippen molar-refractivity contribution in [3.8, 4) is 10.6 Å². The van der Waals surface area contributed by atoms with Gasteiger partial charge in [0, 0.05) is 6.20 Å². The number of thiophene rings is 1. The Morgan fingerprint density at radius 2 is 1.88 bits per heavy atom. The fourth-order valence-corrected chi connectivity index (χ4v) is 3.37. The van der Waals surface area contributed by atoms with Gasteiger partial charge < -0.3 is 5.32 Å². The van der Waals surface area contributed by atoms with Crippen LogP contribution in [0.3, 0.4) is 0 Å². The number of imidazole rings is 1. The molecule has 3 aromatic heterocycles. The molecule has 0 radical (unpaired) electrons. The number of nitrogens with one attached hydrogen (secondary N) is 1. The number of pyridine rings is 1. The number of fused-ring (bicyclic) bond motifs is 1. The third kappa shape index (κ3) is 2.81. The number of amides is 1. The van der Waals surface area contributed by atoms with Crippen molar-refractivity contribution < 1.29 is 4.79 Å². The molecule has 0 aliphatic heterocycles. The van der Waals surface area contributed by atoms with Crippen LogP contribution in [0.25, 0.3) is 16.2 Å². The van der Waals surface area contributed by atoms with Gasteiger partial charge >= 0.3 is 0 Å². The van der Waals surface area contributed by atoms with E-state index in [1.807, 2.05) is 76.6 Å². The molecule has 5 heteroatoms. The molecular formula is C19H15N3OS. The van der Waals surface area contributed by atoms with Crippen LogP contribution in [0, 0.1) is 0 Å². The number of rotatable bonds is 4. The van der Waals surface area contributed by atoms with E-state index in [0.717, 1.165) is 21.8 Å². The average molecular weight is 333 g/mol. The van der Waals surface area contributed by atoms with Crippen LogP contribution in [-0.4, -0.2) is 15.3 Å². The summed E-state index contributed by atoms with van der Waals surface area (Å²) in [6.45, 7) is 0. The molecule has 1 aromatic carbocycles. The lowest BCUT2D eigenvalue weighted by Crippen LogP contribution is -2.16. The summed E-state index contributed by atoms with van der Waals surface area (Å²) in [4.78, 5) is 18.2. The molecule has 118 valence electrons. The Labute approximate surface area is 143 Å². The second kappa shape index (κ2) is 6.29. The number of hydrogen-bond donors (Lipinski definition) is 1. The number of anilines is 1. The molecule has 3 heterocycles. The van der Waals surface area contributed by atoms with Crippen molar-refractivity contribution in [2.75, 3.05) is 5.32 Å². The van der Waals surface area contributed by atoms with Crippen LogP contribution < -0.4 is 5.32 Å². The molecule has 4 nitrogen and oxygen atoms in total. The lowest BCUT2D eigenvalue weighted by molar-refractivity contribution is -0.115. The predicted molar refractivity (Wildman–Crippen MR) is 97.3 cm³/mol. The second-order valence-electron chi connectivity index (χ2n) is 5.43. The molecule has 0 fully saturated rings. The lowest BCUT2D eigenvalue weighted by Gasteiger charge is -2.07. The van der Waals surface area contributed by atoms with E-state index in [1.165, 1.54) is 0 Å². The number of aromatic nitrogens is 2. The zero-order valence-corrected chi connectivity index (χ0v) is 13.7. The molecule has 4 rings (SSSR count). The first-order valence-electron chi connectivity index (χ1n) is 7.66. The Hall–Kier alpha value is -2.92. The summed E-state index contributed by atoms with van der Waals surface area (Å²) in [5.74, 6) is 0.665. The standard InChI is InChI=1S/C19H15N3OS/c23-17(13-14-7-2-1-3-8-14)21-19-18(15-9-6-12-24-15)20-16-10-4-5-11-22(16)19/h1-12H,13H2,(H,21,23). The third-order valence-corrected chi connectivity index (χ3v) is 4.63. The Bertz CT molecular complexity index is 974. The Morgan fingerprint density at radius 3 is 2.67 bits per heavy atom. The van der Waals surface area contributed by atoms with Crippen molar-refractivity contribution in [2.24, 2.45) is 0 Å². The van der Waals surface area contributed by atoms with E-state index >= 15 is 0 Å². The van der Waals surface area contributed by atoms with E-state index in [1.54, 1.807) is 11.3 Å². The van der Waals surface area contributed by atoms with Crippen LogP contribution in [0.4, 0.5) is 5.82 Å². The summed E-state index contributed by atoms with van der Waals surface area (Å²) in [6, 6.07) is 19.5. The zero-order chi connectivity index (χ0) is 16.4. The van der Waals surface area contributed by atoms with Gasteiger partial charge in [-0.05, 0) is 29.1 Å². The maximum absolute atomic E-state index is 12.5. The normalized spacial score (nSPS) is 10.8. The molecule has 0 saturated carbocycles. The van der Waals surface area contributed by atoms with Crippen molar-refractivity contribution in [1.29, 1.82) is 0 Å². The summed E-state index contributed by atoms with van der Waals surface area (Å²) in [5.41, 5.74) is 2.61. The smallest absolute Gasteiger partial charge is 0.229 e. The van der Waals surface area contributed by atoms with Gasteiger partial charge in [0.25, 0.3) is 0 Å². The minimum Gasteiger partial charge on any atom is -0.310 e. The molecule has 0 aliphatic carbocycles. The first kappa shape index (κ1) is 14.7. The van der Waals surface area contributed by atoms with Gasteiger partial charge in [-0.25, -0.2) is 4.98 Å². The van der Waals surface area contributed by atoms with Gasteiger partial charge in [-0.1, -0.05) is 42.5 Å². The number of carbonyl (C=O) groups is 1. The van der Waals surface area contributed by atoms with Gasteiger partial charge in [0.2, 0.25) is 5.91 Å². The molecule has 1 N–H and O–H groups in total. The van der Waals surface area contributed by atoms with Crippen LogP contribution in [0.2, 0.25) is 0 Å². The lowest BCUT2D eigenvalue weighted by atomic mass is 10.1. The van der Waals surface area contributed by atoms with Gasteiger partial charge in [0.15, 0.2) is 0 Å². The second-order valence-corrected chi connectivity index (χ2v) is 6.37. The van der Waals surface area contributed by atoms with Crippen molar-refractivity contribution >= 4 is 28.7 Å². The van der Waals surface area contributed by atoms with Crippen molar-refractivity contribution in [3.05, 3.63) is 77.8 Å². The molecule has 0 atom stereocenters. The number of carbonyl (C=O) groups excluding carboxylic acids is 1. The topological polar surface area (TPSA) is 46.4 Å². The van der Waals surface area contributed by atoms with Crippen LogP contribution in [0.15, 0.2) is 72.2 Å². The zero-order valence-electron chi connectivity index (χ0n) is 12.8. The van der Waals surface area contributed by atoms with Gasteiger partial charge in [-0.15, -0.1) is 11.3 Å². The van der Waals surface area contributed by atoms with Crippen LogP contribution in [-0.2, 0) is 11.2 Å². The summed E-state index contributed by atoms with van der Waals surface area (Å²) < 4.78 is 1.91. The van der Waals surface area contributed by atoms with E-state index in [4.69, 9.17) is 0 Å². The van der Waals surface area contributed by atoms with Gasteiger partial charge in [-0.3, -0.25) is 9.20 Å². The number of nitrogens with zero attached hydrogens (tertiary/aromatic N) is 2. The highest BCUT2D eigenvalue weighted by Gasteiger charge is 2.17. The maximum Gasteiger partial charge on any atom is 0.229 e. The Balaban J connectivity index is 1.70. The first-order valence-corrected chi connectivity index (χ1v) is 8.54. The monoisotopic (exact) mass is 333 g/mol. The first-order chi connectivity index (χ1) is 11.8. The molecule has 0 spiro atoms. The van der Waals surface area contributed by atoms with E-state index in [-0.39, 0.29) is 5.91 Å². The van der Waals surface area contributed by atoms with Crippen molar-refractivity contribution in [3.63, 3.8) is 0 Å². The average Bonchev–Trinajstić information content (AvgIpc) is 3.24. The minimum absolute atomic E-state index is 0.0512.